The zero-order chi connectivity index (χ0) is 12.5. The predicted molar refractivity (Wildman–Crippen MR) is 72.7 cm³/mol. The second kappa shape index (κ2) is 4.51. The molecule has 0 saturated carbocycles. The van der Waals surface area contributed by atoms with Crippen LogP contribution in [0.25, 0.3) is 10.2 Å². The topological polar surface area (TPSA) is 77.6 Å². The molecule has 5 nitrogen and oxygen atoms in total. The number of hydrogen-bond donors (Lipinski definition) is 1. The van der Waals surface area contributed by atoms with Crippen LogP contribution in [0.15, 0.2) is 33.9 Å². The normalized spacial score (nSPS) is 10.9. The highest BCUT2D eigenvalue weighted by Crippen LogP contribution is 2.32. The number of nitrogens with zero attached hydrogens (tertiary/aromatic N) is 4. The van der Waals surface area contributed by atoms with Crippen molar-refractivity contribution in [3.05, 3.63) is 29.4 Å². The van der Waals surface area contributed by atoms with Crippen LogP contribution in [0, 0.1) is 6.92 Å². The highest BCUT2D eigenvalue weighted by atomic mass is 32.2. The predicted octanol–water partition coefficient (Wildman–Crippen LogP) is 2.52. The van der Waals surface area contributed by atoms with Gasteiger partial charge in [-0.25, -0.2) is 19.9 Å². The van der Waals surface area contributed by atoms with Crippen molar-refractivity contribution in [3.63, 3.8) is 0 Å². The van der Waals surface area contributed by atoms with Gasteiger partial charge in [0.1, 0.15) is 9.86 Å². The van der Waals surface area contributed by atoms with Gasteiger partial charge in [0.15, 0.2) is 5.16 Å². The second-order valence-corrected chi connectivity index (χ2v) is 5.46. The van der Waals surface area contributed by atoms with E-state index in [4.69, 9.17) is 5.73 Å². The Morgan fingerprint density at radius 3 is 2.94 bits per heavy atom. The number of aromatic nitrogens is 4. The fourth-order valence-corrected chi connectivity index (χ4v) is 3.21. The quantitative estimate of drug-likeness (QED) is 0.572. The van der Waals surface area contributed by atoms with Crippen molar-refractivity contribution in [2.45, 2.75) is 17.1 Å². The molecular formula is C11H9N5S2. The summed E-state index contributed by atoms with van der Waals surface area (Å²) >= 11 is 2.95. The Kier molecular flexibility index (Phi) is 2.85. The van der Waals surface area contributed by atoms with E-state index in [1.807, 2.05) is 24.4 Å². The molecule has 0 atom stereocenters. The Balaban J connectivity index is 2.06. The highest BCUT2D eigenvalue weighted by Gasteiger charge is 2.10. The molecule has 0 saturated heterocycles. The minimum atomic E-state index is 0.278. The Labute approximate surface area is 112 Å². The molecule has 3 aromatic heterocycles. The van der Waals surface area contributed by atoms with E-state index in [1.54, 1.807) is 17.5 Å². The van der Waals surface area contributed by atoms with Crippen molar-refractivity contribution in [1.29, 1.82) is 0 Å². The van der Waals surface area contributed by atoms with Crippen LogP contribution in [0.2, 0.25) is 0 Å². The Morgan fingerprint density at radius 2 is 2.11 bits per heavy atom. The van der Waals surface area contributed by atoms with Crippen LogP contribution in [0.5, 0.6) is 0 Å². The van der Waals surface area contributed by atoms with Crippen LogP contribution in [-0.2, 0) is 0 Å². The molecule has 0 amide bonds. The van der Waals surface area contributed by atoms with Gasteiger partial charge >= 0.3 is 0 Å². The van der Waals surface area contributed by atoms with E-state index in [2.05, 4.69) is 19.9 Å². The van der Waals surface area contributed by atoms with Gasteiger partial charge in [0.2, 0.25) is 5.95 Å². The van der Waals surface area contributed by atoms with E-state index in [1.165, 1.54) is 11.8 Å². The molecule has 0 aromatic carbocycles. The van der Waals surface area contributed by atoms with E-state index in [9.17, 15) is 0 Å². The third-order valence-corrected chi connectivity index (χ3v) is 3.96. The average Bonchev–Trinajstić information content (AvgIpc) is 2.77. The molecule has 18 heavy (non-hydrogen) atoms. The molecular weight excluding hydrogens is 266 g/mol. The number of thiophene rings is 1. The van der Waals surface area contributed by atoms with E-state index < -0.39 is 0 Å². The van der Waals surface area contributed by atoms with Gasteiger partial charge in [-0.1, -0.05) is 0 Å². The standard InChI is InChI=1S/C11H9N5S2/c1-6-2-4-13-11(14-6)18-9-7-3-5-17-8(7)15-10(12)16-9/h2-5H,1H3,(H2,12,15,16). The lowest BCUT2D eigenvalue weighted by molar-refractivity contribution is 0.929. The molecule has 0 bridgehead atoms. The van der Waals surface area contributed by atoms with Crippen molar-refractivity contribution < 1.29 is 0 Å². The summed E-state index contributed by atoms with van der Waals surface area (Å²) in [4.78, 5) is 17.9. The highest BCUT2D eigenvalue weighted by molar-refractivity contribution is 7.99. The number of nitrogens with two attached hydrogens (primary N) is 1. The smallest absolute Gasteiger partial charge is 0.222 e. The van der Waals surface area contributed by atoms with Gasteiger partial charge in [-0.3, -0.25) is 0 Å². The maximum absolute atomic E-state index is 5.70. The minimum absolute atomic E-state index is 0.278. The number of aryl methyl sites for hydroxylation is 1. The monoisotopic (exact) mass is 275 g/mol. The van der Waals surface area contributed by atoms with Crippen molar-refractivity contribution in [1.82, 2.24) is 19.9 Å². The molecule has 0 aliphatic carbocycles. The van der Waals surface area contributed by atoms with Crippen LogP contribution in [-0.4, -0.2) is 19.9 Å². The van der Waals surface area contributed by atoms with E-state index in [0.717, 1.165) is 20.9 Å². The van der Waals surface area contributed by atoms with Crippen molar-refractivity contribution in [2.24, 2.45) is 0 Å². The van der Waals surface area contributed by atoms with E-state index in [-0.39, 0.29) is 5.95 Å². The molecule has 2 N–H and O–H groups in total. The molecule has 0 unspecified atom stereocenters. The van der Waals surface area contributed by atoms with E-state index in [0.29, 0.717) is 5.16 Å². The summed E-state index contributed by atoms with van der Waals surface area (Å²) < 4.78 is 0. The van der Waals surface area contributed by atoms with Crippen LogP contribution in [0.4, 0.5) is 5.95 Å². The number of rotatable bonds is 2. The van der Waals surface area contributed by atoms with Gasteiger partial charge < -0.3 is 5.73 Å². The Hall–Kier alpha value is -1.73. The largest absolute Gasteiger partial charge is 0.368 e. The molecule has 0 fully saturated rings. The first-order valence-electron chi connectivity index (χ1n) is 5.20. The summed E-state index contributed by atoms with van der Waals surface area (Å²) in [5.41, 5.74) is 6.62. The van der Waals surface area contributed by atoms with Crippen molar-refractivity contribution >= 4 is 39.3 Å². The molecule has 0 aliphatic heterocycles. The summed E-state index contributed by atoms with van der Waals surface area (Å²) in [7, 11) is 0. The van der Waals surface area contributed by atoms with Gasteiger partial charge in [-0.05, 0) is 36.2 Å². The van der Waals surface area contributed by atoms with Crippen LogP contribution in [0.3, 0.4) is 0 Å². The Morgan fingerprint density at radius 1 is 1.22 bits per heavy atom. The lowest BCUT2D eigenvalue weighted by Gasteiger charge is -2.02. The number of fused-ring (bicyclic) bond motifs is 1. The average molecular weight is 275 g/mol. The summed E-state index contributed by atoms with van der Waals surface area (Å²) in [5, 5.41) is 4.43. The van der Waals surface area contributed by atoms with Gasteiger partial charge in [0.05, 0.1) is 0 Å². The van der Waals surface area contributed by atoms with Gasteiger partial charge in [-0.2, -0.15) is 0 Å². The van der Waals surface area contributed by atoms with Gasteiger partial charge in [0.25, 0.3) is 0 Å². The number of hydrogen-bond acceptors (Lipinski definition) is 7. The van der Waals surface area contributed by atoms with Crippen LogP contribution < -0.4 is 5.73 Å². The number of anilines is 1. The fourth-order valence-electron chi connectivity index (χ4n) is 1.48. The SMILES string of the molecule is Cc1ccnc(Sc2nc(N)nc3sccc23)n1. The molecule has 0 radical (unpaired) electrons. The molecule has 3 rings (SSSR count). The molecule has 7 heteroatoms. The third-order valence-electron chi connectivity index (χ3n) is 2.27. The minimum Gasteiger partial charge on any atom is -0.368 e. The third kappa shape index (κ3) is 2.14. The first-order valence-corrected chi connectivity index (χ1v) is 6.90. The maximum atomic E-state index is 5.70. The van der Waals surface area contributed by atoms with Gasteiger partial charge in [-0.15, -0.1) is 11.3 Å². The second-order valence-electron chi connectivity index (χ2n) is 3.61. The first-order chi connectivity index (χ1) is 8.72. The zero-order valence-electron chi connectivity index (χ0n) is 9.49. The summed E-state index contributed by atoms with van der Waals surface area (Å²) in [6.45, 7) is 1.93. The van der Waals surface area contributed by atoms with Crippen LogP contribution in [0.1, 0.15) is 5.69 Å². The molecule has 0 spiro atoms. The fraction of sp³-hybridized carbons (Fsp3) is 0.0909. The summed E-state index contributed by atoms with van der Waals surface area (Å²) in [6.07, 6.45) is 1.74. The lowest BCUT2D eigenvalue weighted by Crippen LogP contribution is -1.96. The van der Waals surface area contributed by atoms with Crippen LogP contribution >= 0.6 is 23.1 Å². The zero-order valence-corrected chi connectivity index (χ0v) is 11.1. The summed E-state index contributed by atoms with van der Waals surface area (Å²) in [5.74, 6) is 0.278. The summed E-state index contributed by atoms with van der Waals surface area (Å²) in [6, 6.07) is 3.84. The molecule has 0 aliphatic rings. The molecule has 3 heterocycles. The van der Waals surface area contributed by atoms with E-state index >= 15 is 0 Å². The van der Waals surface area contributed by atoms with Crippen molar-refractivity contribution in [2.75, 3.05) is 5.73 Å². The number of nitrogen functional groups attached to an aromatic ring is 1. The Bertz CT molecular complexity index is 709. The lowest BCUT2D eigenvalue weighted by atomic mass is 10.4. The van der Waals surface area contributed by atoms with Crippen molar-refractivity contribution in [3.8, 4) is 0 Å². The maximum Gasteiger partial charge on any atom is 0.222 e. The molecule has 90 valence electrons. The molecule has 3 aromatic rings. The first kappa shape index (κ1) is 11.4. The van der Waals surface area contributed by atoms with Gasteiger partial charge in [0, 0.05) is 17.3 Å².